The van der Waals surface area contributed by atoms with E-state index in [2.05, 4.69) is 42.0 Å². The van der Waals surface area contributed by atoms with Crippen LogP contribution in [0.3, 0.4) is 0 Å². The summed E-state index contributed by atoms with van der Waals surface area (Å²) < 4.78 is 8.70. The van der Waals surface area contributed by atoms with E-state index >= 15 is 0 Å². The fourth-order valence-corrected chi connectivity index (χ4v) is 4.86. The summed E-state index contributed by atoms with van der Waals surface area (Å²) in [6.07, 6.45) is 3.76. The lowest BCUT2D eigenvalue weighted by Gasteiger charge is -2.37. The number of piperazine rings is 1. The molecule has 1 aliphatic rings. The van der Waals surface area contributed by atoms with Crippen molar-refractivity contribution in [3.63, 3.8) is 0 Å². The van der Waals surface area contributed by atoms with Gasteiger partial charge in [0.05, 0.1) is 12.3 Å². The molecule has 2 aromatic carbocycles. The summed E-state index contributed by atoms with van der Waals surface area (Å²) in [5, 5.41) is 4.56. The Labute approximate surface area is 216 Å². The van der Waals surface area contributed by atoms with Crippen LogP contribution in [-0.2, 0) is 11.3 Å². The third-order valence-corrected chi connectivity index (χ3v) is 6.97. The number of ether oxygens (including phenoxy) is 1. The van der Waals surface area contributed by atoms with E-state index in [9.17, 15) is 9.59 Å². The van der Waals surface area contributed by atoms with Gasteiger partial charge in [0.2, 0.25) is 5.91 Å². The summed E-state index contributed by atoms with van der Waals surface area (Å²) >= 11 is 0. The minimum absolute atomic E-state index is 0.0796. The Kier molecular flexibility index (Phi) is 6.99. The van der Waals surface area contributed by atoms with Gasteiger partial charge in [0, 0.05) is 62.8 Å². The largest absolute Gasteiger partial charge is 0.494 e. The van der Waals surface area contributed by atoms with Crippen LogP contribution in [-0.4, -0.2) is 57.8 Å². The quantitative estimate of drug-likeness (QED) is 0.386. The zero-order chi connectivity index (χ0) is 25.9. The van der Waals surface area contributed by atoms with E-state index in [0.717, 1.165) is 30.1 Å². The molecule has 5 rings (SSSR count). The summed E-state index contributed by atoms with van der Waals surface area (Å²) in [6, 6.07) is 16.0. The van der Waals surface area contributed by atoms with Gasteiger partial charge in [-0.15, -0.1) is 0 Å². The fourth-order valence-electron chi connectivity index (χ4n) is 4.86. The van der Waals surface area contributed by atoms with Gasteiger partial charge in [-0.2, -0.15) is 5.10 Å². The predicted octanol–water partition coefficient (Wildman–Crippen LogP) is 3.92. The lowest BCUT2D eigenvalue weighted by Crippen LogP contribution is -2.49. The molecule has 192 valence electrons. The van der Waals surface area contributed by atoms with Crippen molar-refractivity contribution >= 4 is 17.1 Å². The highest BCUT2D eigenvalue weighted by Crippen LogP contribution is 2.24. The van der Waals surface area contributed by atoms with Gasteiger partial charge in [0.25, 0.3) is 5.56 Å². The Hall–Kier alpha value is -4.07. The molecular formula is C29H33N5O3. The first-order valence-corrected chi connectivity index (χ1v) is 12.8. The Morgan fingerprint density at radius 2 is 1.73 bits per heavy atom. The SMILES string of the molecule is CCOc1ccc(-c2cc3c(=O)n(CCC(=O)N4CCN(c5cc(C)ccc5C)CC4)ccn3n2)cc1. The first-order valence-electron chi connectivity index (χ1n) is 12.8. The number of aromatic nitrogens is 3. The summed E-state index contributed by atoms with van der Waals surface area (Å²) in [4.78, 5) is 30.3. The number of anilines is 1. The average Bonchev–Trinajstić information content (AvgIpc) is 3.36. The van der Waals surface area contributed by atoms with E-state index in [1.54, 1.807) is 27.5 Å². The number of hydrogen-bond acceptors (Lipinski definition) is 5. The highest BCUT2D eigenvalue weighted by molar-refractivity contribution is 5.76. The number of carbonyl (C=O) groups is 1. The van der Waals surface area contributed by atoms with Crippen molar-refractivity contribution in [1.29, 1.82) is 0 Å². The number of nitrogens with zero attached hydrogens (tertiary/aromatic N) is 5. The smallest absolute Gasteiger partial charge is 0.276 e. The van der Waals surface area contributed by atoms with Gasteiger partial charge in [-0.05, 0) is 68.3 Å². The normalized spacial score (nSPS) is 13.8. The van der Waals surface area contributed by atoms with E-state index in [-0.39, 0.29) is 11.5 Å². The second kappa shape index (κ2) is 10.5. The maximum Gasteiger partial charge on any atom is 0.276 e. The van der Waals surface area contributed by atoms with Gasteiger partial charge >= 0.3 is 0 Å². The van der Waals surface area contributed by atoms with Gasteiger partial charge < -0.3 is 19.1 Å². The molecule has 8 heteroatoms. The van der Waals surface area contributed by atoms with E-state index in [4.69, 9.17) is 4.74 Å². The first-order chi connectivity index (χ1) is 17.9. The van der Waals surface area contributed by atoms with Crippen LogP contribution in [0.15, 0.2) is 65.7 Å². The van der Waals surface area contributed by atoms with Crippen molar-refractivity contribution in [2.45, 2.75) is 33.7 Å². The molecule has 8 nitrogen and oxygen atoms in total. The lowest BCUT2D eigenvalue weighted by atomic mass is 10.1. The van der Waals surface area contributed by atoms with Crippen LogP contribution in [0.2, 0.25) is 0 Å². The van der Waals surface area contributed by atoms with Gasteiger partial charge in [0.1, 0.15) is 11.3 Å². The fraction of sp³-hybridized carbons (Fsp3) is 0.345. The third-order valence-electron chi connectivity index (χ3n) is 6.97. The summed E-state index contributed by atoms with van der Waals surface area (Å²) in [5.74, 6) is 0.879. The first kappa shape index (κ1) is 24.6. The Balaban J connectivity index is 1.22. The number of benzene rings is 2. The average molecular weight is 500 g/mol. The second-order valence-electron chi connectivity index (χ2n) is 9.52. The maximum absolute atomic E-state index is 13.1. The molecule has 37 heavy (non-hydrogen) atoms. The molecule has 1 saturated heterocycles. The van der Waals surface area contributed by atoms with Crippen molar-refractivity contribution in [3.8, 4) is 17.0 Å². The highest BCUT2D eigenvalue weighted by atomic mass is 16.5. The molecule has 0 radical (unpaired) electrons. The van der Waals surface area contributed by atoms with Crippen LogP contribution >= 0.6 is 0 Å². The van der Waals surface area contributed by atoms with Gasteiger partial charge in [-0.3, -0.25) is 9.59 Å². The predicted molar refractivity (Wildman–Crippen MR) is 145 cm³/mol. The molecule has 1 aliphatic heterocycles. The Morgan fingerprint density at radius 3 is 2.46 bits per heavy atom. The van der Waals surface area contributed by atoms with E-state index in [0.29, 0.717) is 38.2 Å². The molecule has 0 spiro atoms. The number of rotatable bonds is 7. The highest BCUT2D eigenvalue weighted by Gasteiger charge is 2.22. The number of carbonyl (C=O) groups excluding carboxylic acids is 1. The molecule has 0 N–H and O–H groups in total. The number of aryl methyl sites for hydroxylation is 3. The molecule has 0 bridgehead atoms. The summed E-state index contributed by atoms with van der Waals surface area (Å²) in [5.41, 5.74) is 5.71. The van der Waals surface area contributed by atoms with Crippen LogP contribution in [0.4, 0.5) is 5.69 Å². The molecular weight excluding hydrogens is 466 g/mol. The molecule has 1 amide bonds. The summed E-state index contributed by atoms with van der Waals surface area (Å²) in [7, 11) is 0. The number of amides is 1. The molecule has 2 aromatic heterocycles. The van der Waals surface area contributed by atoms with Gasteiger partial charge in [-0.1, -0.05) is 12.1 Å². The lowest BCUT2D eigenvalue weighted by molar-refractivity contribution is -0.131. The van der Waals surface area contributed by atoms with Crippen LogP contribution in [0.1, 0.15) is 24.5 Å². The van der Waals surface area contributed by atoms with Crippen molar-refractivity contribution < 1.29 is 9.53 Å². The molecule has 0 unspecified atom stereocenters. The van der Waals surface area contributed by atoms with Crippen LogP contribution in [0, 0.1) is 13.8 Å². The van der Waals surface area contributed by atoms with E-state index in [1.807, 2.05) is 36.1 Å². The van der Waals surface area contributed by atoms with Crippen molar-refractivity contribution in [3.05, 3.63) is 82.4 Å². The van der Waals surface area contributed by atoms with Gasteiger partial charge in [-0.25, -0.2) is 4.52 Å². The van der Waals surface area contributed by atoms with Crippen LogP contribution < -0.4 is 15.2 Å². The number of fused-ring (bicyclic) bond motifs is 1. The molecule has 0 atom stereocenters. The topological polar surface area (TPSA) is 72.1 Å². The molecule has 3 heterocycles. The minimum atomic E-state index is -0.153. The van der Waals surface area contributed by atoms with E-state index in [1.165, 1.54) is 16.8 Å². The van der Waals surface area contributed by atoms with Crippen molar-refractivity contribution in [2.24, 2.45) is 0 Å². The summed E-state index contributed by atoms with van der Waals surface area (Å²) in [6.45, 7) is 10.1. The monoisotopic (exact) mass is 499 g/mol. The zero-order valence-electron chi connectivity index (χ0n) is 21.7. The van der Waals surface area contributed by atoms with Crippen molar-refractivity contribution in [2.75, 3.05) is 37.7 Å². The Bertz CT molecular complexity index is 1460. The van der Waals surface area contributed by atoms with Crippen molar-refractivity contribution in [1.82, 2.24) is 19.1 Å². The zero-order valence-corrected chi connectivity index (χ0v) is 21.7. The standard InChI is InChI=1S/C29H33N5O3/c1-4-37-24-9-7-23(8-10-24)25-20-27-29(36)33(17-18-34(27)30-25)12-11-28(35)32-15-13-31(14-16-32)26-19-21(2)5-6-22(26)3/h5-10,17-20H,4,11-16H2,1-3H3. The molecule has 0 aliphatic carbocycles. The second-order valence-corrected chi connectivity index (χ2v) is 9.52. The van der Waals surface area contributed by atoms with Gasteiger partial charge in [0.15, 0.2) is 0 Å². The minimum Gasteiger partial charge on any atom is -0.494 e. The molecule has 1 fully saturated rings. The van der Waals surface area contributed by atoms with Crippen LogP contribution in [0.25, 0.3) is 16.8 Å². The molecule has 0 saturated carbocycles. The Morgan fingerprint density at radius 1 is 0.973 bits per heavy atom. The maximum atomic E-state index is 13.1. The van der Waals surface area contributed by atoms with Crippen LogP contribution in [0.5, 0.6) is 5.75 Å². The van der Waals surface area contributed by atoms with E-state index < -0.39 is 0 Å². The third kappa shape index (κ3) is 5.23. The number of hydrogen-bond donors (Lipinski definition) is 0. The molecule has 4 aromatic rings.